The van der Waals surface area contributed by atoms with Gasteiger partial charge >= 0.3 is 0 Å². The molecule has 0 atom stereocenters. The van der Waals surface area contributed by atoms with Crippen molar-refractivity contribution in [3.8, 4) is 0 Å². The third kappa shape index (κ3) is 3.30. The maximum absolute atomic E-state index is 12.2. The molecule has 0 fully saturated rings. The Morgan fingerprint density at radius 1 is 1.25 bits per heavy atom. The number of hydrogen-bond donors (Lipinski definition) is 2. The van der Waals surface area contributed by atoms with Crippen molar-refractivity contribution in [2.24, 2.45) is 5.73 Å². The fourth-order valence-corrected chi connectivity index (χ4v) is 3.76. The van der Waals surface area contributed by atoms with Gasteiger partial charge in [-0.25, -0.2) is 18.1 Å². The molecule has 2 aromatic heterocycles. The second-order valence-electron chi connectivity index (χ2n) is 4.17. The molecule has 0 saturated heterocycles. The Labute approximate surface area is 121 Å². The smallest absolute Gasteiger partial charge is 0.273 e. The molecule has 7 nitrogen and oxygen atoms in total. The van der Waals surface area contributed by atoms with E-state index in [-0.39, 0.29) is 10.2 Å². The lowest BCUT2D eigenvalue weighted by Crippen LogP contribution is -2.15. The summed E-state index contributed by atoms with van der Waals surface area (Å²) in [4.78, 5) is 4.97. The molecule has 108 valence electrons. The summed E-state index contributed by atoms with van der Waals surface area (Å²) in [5.74, 6) is -0.0260. The van der Waals surface area contributed by atoms with Crippen LogP contribution in [0.15, 0.2) is 16.3 Å². The van der Waals surface area contributed by atoms with E-state index in [1.165, 1.54) is 11.3 Å². The number of sulfonamides is 1. The van der Waals surface area contributed by atoms with Gasteiger partial charge in [-0.05, 0) is 38.9 Å². The Hall–Kier alpha value is -1.58. The molecular formula is C11H15N5O2S2. The number of nitrogens with two attached hydrogens (primary N) is 1. The molecule has 20 heavy (non-hydrogen) atoms. The molecule has 0 aliphatic carbocycles. The number of nitrogens with one attached hydrogen (secondary N) is 1. The number of rotatable bonds is 5. The topological polar surface area (TPSA) is 111 Å². The molecule has 0 aliphatic rings. The zero-order chi connectivity index (χ0) is 14.8. The van der Waals surface area contributed by atoms with Crippen LogP contribution in [0, 0.1) is 13.8 Å². The third-order valence-corrected chi connectivity index (χ3v) is 5.58. The van der Waals surface area contributed by atoms with Crippen LogP contribution in [0.25, 0.3) is 0 Å². The Balaban J connectivity index is 2.23. The quantitative estimate of drug-likeness (QED) is 0.846. The Morgan fingerprint density at radius 2 is 2.00 bits per heavy atom. The second kappa shape index (κ2) is 5.81. The van der Waals surface area contributed by atoms with Crippen molar-refractivity contribution in [1.82, 2.24) is 15.2 Å². The van der Waals surface area contributed by atoms with E-state index >= 15 is 0 Å². The first kappa shape index (κ1) is 14.8. The van der Waals surface area contributed by atoms with Crippen molar-refractivity contribution in [2.45, 2.75) is 24.5 Å². The van der Waals surface area contributed by atoms with Gasteiger partial charge in [-0.2, -0.15) is 5.10 Å². The highest BCUT2D eigenvalue weighted by Crippen LogP contribution is 2.23. The molecule has 0 aliphatic heterocycles. The van der Waals surface area contributed by atoms with E-state index in [9.17, 15) is 8.42 Å². The van der Waals surface area contributed by atoms with Crippen LogP contribution in [0.4, 0.5) is 5.95 Å². The third-order valence-electron chi connectivity index (χ3n) is 2.61. The summed E-state index contributed by atoms with van der Waals surface area (Å²) < 4.78 is 26.9. The van der Waals surface area contributed by atoms with E-state index in [4.69, 9.17) is 5.73 Å². The standard InChI is InChI=1S/C11H15N5O2S2/c1-7-8(2)14-15-11(13-7)16-20(17,18)10-4-3-9(19-10)5-6-12/h3-4H,5-6,12H2,1-2H3,(H,13,15,16). The van der Waals surface area contributed by atoms with E-state index in [0.29, 0.717) is 24.4 Å². The van der Waals surface area contributed by atoms with Crippen molar-refractivity contribution in [2.75, 3.05) is 11.3 Å². The number of anilines is 1. The second-order valence-corrected chi connectivity index (χ2v) is 7.25. The molecule has 0 bridgehead atoms. The number of nitrogens with zero attached hydrogens (tertiary/aromatic N) is 3. The molecule has 0 radical (unpaired) electrons. The van der Waals surface area contributed by atoms with Crippen LogP contribution in [0.2, 0.25) is 0 Å². The van der Waals surface area contributed by atoms with Gasteiger partial charge in [-0.3, -0.25) is 0 Å². The molecule has 2 heterocycles. The largest absolute Gasteiger partial charge is 0.330 e. The predicted molar refractivity (Wildman–Crippen MR) is 77.2 cm³/mol. The lowest BCUT2D eigenvalue weighted by molar-refractivity contribution is 0.602. The number of thiophene rings is 1. The van der Waals surface area contributed by atoms with Crippen molar-refractivity contribution in [3.63, 3.8) is 0 Å². The lowest BCUT2D eigenvalue weighted by atomic mass is 10.3. The first-order chi connectivity index (χ1) is 9.42. The molecular weight excluding hydrogens is 298 g/mol. The van der Waals surface area contributed by atoms with E-state index in [1.807, 2.05) is 0 Å². The van der Waals surface area contributed by atoms with Crippen molar-refractivity contribution >= 4 is 27.3 Å². The van der Waals surface area contributed by atoms with Gasteiger partial charge in [-0.1, -0.05) is 0 Å². The average molecular weight is 313 g/mol. The summed E-state index contributed by atoms with van der Waals surface area (Å²) in [7, 11) is -3.68. The summed E-state index contributed by atoms with van der Waals surface area (Å²) in [5, 5.41) is 7.56. The molecule has 0 aromatic carbocycles. The van der Waals surface area contributed by atoms with Gasteiger partial charge in [0.25, 0.3) is 16.0 Å². The molecule has 0 spiro atoms. The highest BCUT2D eigenvalue weighted by atomic mass is 32.2. The molecule has 0 saturated carbocycles. The van der Waals surface area contributed by atoms with E-state index in [0.717, 1.165) is 4.88 Å². The summed E-state index contributed by atoms with van der Waals surface area (Å²) in [6.07, 6.45) is 0.655. The van der Waals surface area contributed by atoms with E-state index in [1.54, 1.807) is 26.0 Å². The van der Waals surface area contributed by atoms with E-state index < -0.39 is 10.0 Å². The SMILES string of the molecule is Cc1nnc(NS(=O)(=O)c2ccc(CCN)s2)nc1C. The van der Waals surface area contributed by atoms with Crippen LogP contribution >= 0.6 is 11.3 Å². The maximum Gasteiger partial charge on any atom is 0.273 e. The first-order valence-corrected chi connectivity index (χ1v) is 8.22. The minimum absolute atomic E-state index is 0.0260. The Kier molecular flexibility index (Phi) is 4.31. The minimum Gasteiger partial charge on any atom is -0.330 e. The van der Waals surface area contributed by atoms with Gasteiger partial charge in [0.2, 0.25) is 0 Å². The fraction of sp³-hybridized carbons (Fsp3) is 0.364. The summed E-state index contributed by atoms with van der Waals surface area (Å²) >= 11 is 1.18. The minimum atomic E-state index is -3.68. The molecule has 9 heteroatoms. The summed E-state index contributed by atoms with van der Waals surface area (Å²) in [6, 6.07) is 3.30. The maximum atomic E-state index is 12.2. The van der Waals surface area contributed by atoms with Crippen molar-refractivity contribution < 1.29 is 8.42 Å². The Bertz CT molecular complexity index is 711. The fourth-order valence-electron chi connectivity index (χ4n) is 1.45. The zero-order valence-electron chi connectivity index (χ0n) is 11.1. The van der Waals surface area contributed by atoms with Crippen LogP contribution in [0.1, 0.15) is 16.3 Å². The molecule has 0 unspecified atom stereocenters. The van der Waals surface area contributed by atoms with Gasteiger partial charge < -0.3 is 5.73 Å². The van der Waals surface area contributed by atoms with Crippen LogP contribution < -0.4 is 10.5 Å². The average Bonchev–Trinajstić information content (AvgIpc) is 2.83. The lowest BCUT2D eigenvalue weighted by Gasteiger charge is -2.05. The molecule has 3 N–H and O–H groups in total. The number of aromatic nitrogens is 3. The van der Waals surface area contributed by atoms with Gasteiger partial charge in [0.15, 0.2) is 0 Å². The number of hydrogen-bond acceptors (Lipinski definition) is 7. The highest BCUT2D eigenvalue weighted by molar-refractivity contribution is 7.94. The monoisotopic (exact) mass is 313 g/mol. The Morgan fingerprint density at radius 3 is 2.65 bits per heavy atom. The first-order valence-electron chi connectivity index (χ1n) is 5.92. The van der Waals surface area contributed by atoms with E-state index in [2.05, 4.69) is 19.9 Å². The van der Waals surface area contributed by atoms with Gasteiger partial charge in [0.1, 0.15) is 4.21 Å². The normalized spacial score (nSPS) is 11.6. The predicted octanol–water partition coefficient (Wildman–Crippen LogP) is 0.852. The van der Waals surface area contributed by atoms with Crippen LogP contribution in [0.3, 0.4) is 0 Å². The molecule has 2 aromatic rings. The summed E-state index contributed by atoms with van der Waals surface area (Å²) in [5.41, 5.74) is 6.74. The summed E-state index contributed by atoms with van der Waals surface area (Å²) in [6.45, 7) is 3.98. The molecule has 2 rings (SSSR count). The molecule has 0 amide bonds. The van der Waals surface area contributed by atoms with Gasteiger partial charge in [-0.15, -0.1) is 16.4 Å². The van der Waals surface area contributed by atoms with Crippen LogP contribution in [0.5, 0.6) is 0 Å². The van der Waals surface area contributed by atoms with Crippen LogP contribution in [-0.4, -0.2) is 30.1 Å². The van der Waals surface area contributed by atoms with Crippen molar-refractivity contribution in [3.05, 3.63) is 28.4 Å². The van der Waals surface area contributed by atoms with Crippen molar-refractivity contribution in [1.29, 1.82) is 0 Å². The highest BCUT2D eigenvalue weighted by Gasteiger charge is 2.18. The van der Waals surface area contributed by atoms with Gasteiger partial charge in [0.05, 0.1) is 11.4 Å². The zero-order valence-corrected chi connectivity index (χ0v) is 12.8. The van der Waals surface area contributed by atoms with Gasteiger partial charge in [0, 0.05) is 4.88 Å². The number of aryl methyl sites for hydroxylation is 2. The van der Waals surface area contributed by atoms with Crippen LogP contribution in [-0.2, 0) is 16.4 Å².